The highest BCUT2D eigenvalue weighted by Crippen LogP contribution is 2.17. The van der Waals surface area contributed by atoms with E-state index >= 15 is 0 Å². The fraction of sp³-hybridized carbons (Fsp3) is 0.462. The van der Waals surface area contributed by atoms with Crippen molar-refractivity contribution in [1.82, 2.24) is 0 Å². The molecule has 1 N–H and O–H groups in total. The van der Waals surface area contributed by atoms with E-state index < -0.39 is 5.97 Å². The summed E-state index contributed by atoms with van der Waals surface area (Å²) in [7, 11) is 0. The lowest BCUT2D eigenvalue weighted by atomic mass is 9.95. The summed E-state index contributed by atoms with van der Waals surface area (Å²) in [6.07, 6.45) is 1.56. The van der Waals surface area contributed by atoms with Gasteiger partial charge in [-0.1, -0.05) is 25.1 Å². The quantitative estimate of drug-likeness (QED) is 0.822. The minimum Gasteiger partial charge on any atom is -0.481 e. The first kappa shape index (κ1) is 11.8. The van der Waals surface area contributed by atoms with Crippen molar-refractivity contribution in [2.24, 2.45) is 5.92 Å². The van der Waals surface area contributed by atoms with Crippen LogP contribution < -0.4 is 0 Å². The molecule has 0 amide bonds. The molecule has 0 saturated heterocycles. The van der Waals surface area contributed by atoms with Gasteiger partial charge in [-0.3, -0.25) is 4.79 Å². The number of hydrogen-bond acceptors (Lipinski definition) is 1. The highest BCUT2D eigenvalue weighted by Gasteiger charge is 2.11. The summed E-state index contributed by atoms with van der Waals surface area (Å²) in [6.45, 7) is 5.91. The summed E-state index contributed by atoms with van der Waals surface area (Å²) in [6, 6.07) is 6.19. The van der Waals surface area contributed by atoms with E-state index in [2.05, 4.69) is 26.0 Å². The molecule has 2 heteroatoms. The van der Waals surface area contributed by atoms with Gasteiger partial charge in [0.1, 0.15) is 0 Å². The van der Waals surface area contributed by atoms with Crippen molar-refractivity contribution >= 4 is 5.97 Å². The lowest BCUT2D eigenvalue weighted by Gasteiger charge is -2.11. The third-order valence-corrected chi connectivity index (χ3v) is 2.89. The van der Waals surface area contributed by atoms with Crippen LogP contribution in [0.1, 0.15) is 30.0 Å². The van der Waals surface area contributed by atoms with Crippen molar-refractivity contribution in [2.75, 3.05) is 0 Å². The Morgan fingerprint density at radius 3 is 2.33 bits per heavy atom. The molecule has 1 rings (SSSR count). The Balaban J connectivity index is 2.69. The lowest BCUT2D eigenvalue weighted by Crippen LogP contribution is -2.10. The number of rotatable bonds is 4. The SMILES string of the molecule is Cc1cccc(C)c1CCC(C)C(=O)O. The Labute approximate surface area is 90.9 Å². The maximum Gasteiger partial charge on any atom is 0.306 e. The molecular weight excluding hydrogens is 188 g/mol. The molecule has 1 aromatic rings. The number of carboxylic acid groups (broad SMARTS) is 1. The van der Waals surface area contributed by atoms with Crippen molar-refractivity contribution in [3.8, 4) is 0 Å². The summed E-state index contributed by atoms with van der Waals surface area (Å²) in [5, 5.41) is 8.80. The van der Waals surface area contributed by atoms with E-state index in [1.54, 1.807) is 6.92 Å². The average molecular weight is 206 g/mol. The van der Waals surface area contributed by atoms with Crippen LogP contribution in [0.4, 0.5) is 0 Å². The molecule has 0 aliphatic heterocycles. The van der Waals surface area contributed by atoms with Crippen LogP contribution in [0.15, 0.2) is 18.2 Å². The number of aryl methyl sites for hydroxylation is 2. The second-order valence-electron chi connectivity index (χ2n) is 4.15. The molecule has 0 saturated carbocycles. The zero-order valence-electron chi connectivity index (χ0n) is 9.58. The number of benzene rings is 1. The largest absolute Gasteiger partial charge is 0.481 e. The topological polar surface area (TPSA) is 37.3 Å². The fourth-order valence-electron chi connectivity index (χ4n) is 1.73. The zero-order chi connectivity index (χ0) is 11.4. The minimum atomic E-state index is -0.707. The van der Waals surface area contributed by atoms with Crippen LogP contribution in [0, 0.1) is 19.8 Å². The van der Waals surface area contributed by atoms with Crippen LogP contribution in [0.2, 0.25) is 0 Å². The van der Waals surface area contributed by atoms with E-state index in [0.717, 1.165) is 6.42 Å². The van der Waals surface area contributed by atoms with Gasteiger partial charge >= 0.3 is 5.97 Å². The van der Waals surface area contributed by atoms with Gasteiger partial charge in [-0.2, -0.15) is 0 Å². The maximum absolute atomic E-state index is 10.7. The molecular formula is C13H18O2. The molecule has 0 heterocycles. The standard InChI is InChI=1S/C13H18O2/c1-9-5-4-6-10(2)12(9)8-7-11(3)13(14)15/h4-6,11H,7-8H2,1-3H3,(H,14,15). The molecule has 1 atom stereocenters. The van der Waals surface area contributed by atoms with Crippen LogP contribution in [0.5, 0.6) is 0 Å². The zero-order valence-corrected chi connectivity index (χ0v) is 9.58. The Kier molecular flexibility index (Phi) is 3.89. The molecule has 1 unspecified atom stereocenters. The second kappa shape index (κ2) is 4.96. The molecule has 0 radical (unpaired) electrons. The summed E-state index contributed by atoms with van der Waals surface area (Å²) >= 11 is 0. The van der Waals surface area contributed by atoms with Gasteiger partial charge in [0.25, 0.3) is 0 Å². The van der Waals surface area contributed by atoms with E-state index in [-0.39, 0.29) is 5.92 Å². The van der Waals surface area contributed by atoms with Gasteiger partial charge in [-0.05, 0) is 43.4 Å². The predicted molar refractivity (Wildman–Crippen MR) is 61.0 cm³/mol. The fourth-order valence-corrected chi connectivity index (χ4v) is 1.73. The second-order valence-corrected chi connectivity index (χ2v) is 4.15. The van der Waals surface area contributed by atoms with Gasteiger partial charge in [0.2, 0.25) is 0 Å². The number of carbonyl (C=O) groups is 1. The van der Waals surface area contributed by atoms with Crippen LogP contribution in [0.25, 0.3) is 0 Å². The maximum atomic E-state index is 10.7. The Bertz CT molecular complexity index is 335. The number of hydrogen-bond donors (Lipinski definition) is 1. The Morgan fingerprint density at radius 2 is 1.87 bits per heavy atom. The van der Waals surface area contributed by atoms with Crippen LogP contribution in [-0.4, -0.2) is 11.1 Å². The first-order valence-corrected chi connectivity index (χ1v) is 5.30. The molecule has 15 heavy (non-hydrogen) atoms. The van der Waals surface area contributed by atoms with Gasteiger partial charge in [0.15, 0.2) is 0 Å². The Hall–Kier alpha value is -1.31. The monoisotopic (exact) mass is 206 g/mol. The average Bonchev–Trinajstić information content (AvgIpc) is 2.16. The van der Waals surface area contributed by atoms with E-state index in [0.29, 0.717) is 6.42 Å². The number of aliphatic carboxylic acids is 1. The third kappa shape index (κ3) is 3.08. The molecule has 1 aromatic carbocycles. The van der Waals surface area contributed by atoms with Crippen molar-refractivity contribution < 1.29 is 9.90 Å². The summed E-state index contributed by atoms with van der Waals surface area (Å²) < 4.78 is 0. The van der Waals surface area contributed by atoms with Crippen LogP contribution in [-0.2, 0) is 11.2 Å². The molecule has 0 aliphatic rings. The summed E-state index contributed by atoms with van der Waals surface area (Å²) in [4.78, 5) is 10.7. The number of carboxylic acids is 1. The van der Waals surface area contributed by atoms with Crippen LogP contribution in [0.3, 0.4) is 0 Å². The van der Waals surface area contributed by atoms with Crippen LogP contribution >= 0.6 is 0 Å². The predicted octanol–water partition coefficient (Wildman–Crippen LogP) is 2.96. The van der Waals surface area contributed by atoms with Gasteiger partial charge < -0.3 is 5.11 Å². The normalized spacial score (nSPS) is 12.5. The minimum absolute atomic E-state index is 0.260. The molecule has 2 nitrogen and oxygen atoms in total. The van der Waals surface area contributed by atoms with Gasteiger partial charge in [0.05, 0.1) is 5.92 Å². The smallest absolute Gasteiger partial charge is 0.306 e. The molecule has 0 bridgehead atoms. The highest BCUT2D eigenvalue weighted by atomic mass is 16.4. The lowest BCUT2D eigenvalue weighted by molar-refractivity contribution is -0.141. The highest BCUT2D eigenvalue weighted by molar-refractivity contribution is 5.69. The first-order chi connectivity index (χ1) is 7.02. The molecule has 0 aliphatic carbocycles. The van der Waals surface area contributed by atoms with E-state index in [1.807, 2.05) is 6.07 Å². The van der Waals surface area contributed by atoms with Crippen molar-refractivity contribution in [2.45, 2.75) is 33.6 Å². The summed E-state index contributed by atoms with van der Waals surface area (Å²) in [5.41, 5.74) is 3.81. The van der Waals surface area contributed by atoms with Crippen molar-refractivity contribution in [1.29, 1.82) is 0 Å². The van der Waals surface area contributed by atoms with Gasteiger partial charge in [-0.25, -0.2) is 0 Å². The molecule has 82 valence electrons. The summed E-state index contributed by atoms with van der Waals surface area (Å²) in [5.74, 6) is -0.967. The first-order valence-electron chi connectivity index (χ1n) is 5.30. The molecule has 0 fully saturated rings. The van der Waals surface area contributed by atoms with Gasteiger partial charge in [0, 0.05) is 0 Å². The molecule has 0 spiro atoms. The van der Waals surface area contributed by atoms with E-state index in [9.17, 15) is 4.79 Å². The third-order valence-electron chi connectivity index (χ3n) is 2.89. The van der Waals surface area contributed by atoms with Crippen molar-refractivity contribution in [3.63, 3.8) is 0 Å². The van der Waals surface area contributed by atoms with Gasteiger partial charge in [-0.15, -0.1) is 0 Å². The molecule has 0 aromatic heterocycles. The van der Waals surface area contributed by atoms with Crippen molar-refractivity contribution in [3.05, 3.63) is 34.9 Å². The van der Waals surface area contributed by atoms with E-state index in [1.165, 1.54) is 16.7 Å². The Morgan fingerprint density at radius 1 is 1.33 bits per heavy atom. The van der Waals surface area contributed by atoms with E-state index in [4.69, 9.17) is 5.11 Å².